The molecule has 0 amide bonds. The third kappa shape index (κ3) is 2.98. The number of hydrogen-bond donors (Lipinski definition) is 1. The summed E-state index contributed by atoms with van der Waals surface area (Å²) in [4.78, 5) is 14.7. The normalized spacial score (nSPS) is 10.5. The van der Waals surface area contributed by atoms with E-state index in [0.29, 0.717) is 23.6 Å². The lowest BCUT2D eigenvalue weighted by Gasteiger charge is -2.08. The summed E-state index contributed by atoms with van der Waals surface area (Å²) in [5.74, 6) is 0.789. The summed E-state index contributed by atoms with van der Waals surface area (Å²) < 4.78 is 5.31. The van der Waals surface area contributed by atoms with Gasteiger partial charge in [0, 0.05) is 35.5 Å². The van der Waals surface area contributed by atoms with Crippen LogP contribution in [0.15, 0.2) is 36.5 Å². The molecule has 9 heteroatoms. The van der Waals surface area contributed by atoms with Crippen LogP contribution in [-0.4, -0.2) is 37.1 Å². The zero-order chi connectivity index (χ0) is 16.2. The molecular weight excluding hydrogens is 300 g/mol. The topological polar surface area (TPSA) is 120 Å². The molecule has 2 aromatic heterocycles. The van der Waals surface area contributed by atoms with Crippen LogP contribution < -0.4 is 4.74 Å². The van der Waals surface area contributed by atoms with E-state index in [0.717, 1.165) is 5.56 Å². The molecule has 0 aliphatic heterocycles. The molecular formula is C14H12N6O3. The minimum absolute atomic E-state index is 0.0487. The first-order valence-electron chi connectivity index (χ1n) is 6.80. The van der Waals surface area contributed by atoms with Crippen LogP contribution in [0.4, 0.5) is 5.69 Å². The lowest BCUT2D eigenvalue weighted by Crippen LogP contribution is -1.95. The van der Waals surface area contributed by atoms with Gasteiger partial charge in [-0.2, -0.15) is 5.21 Å². The van der Waals surface area contributed by atoms with E-state index in [1.54, 1.807) is 18.3 Å². The molecule has 0 aliphatic carbocycles. The number of rotatable bonds is 5. The number of nitrogens with one attached hydrogen (secondary N) is 1. The highest BCUT2D eigenvalue weighted by Crippen LogP contribution is 2.33. The number of tetrazole rings is 1. The molecule has 116 valence electrons. The van der Waals surface area contributed by atoms with Crippen molar-refractivity contribution in [3.05, 3.63) is 46.6 Å². The second-order valence-corrected chi connectivity index (χ2v) is 4.54. The van der Waals surface area contributed by atoms with Gasteiger partial charge in [-0.3, -0.25) is 10.1 Å². The molecule has 3 rings (SSSR count). The molecule has 9 nitrogen and oxygen atoms in total. The molecule has 0 bridgehead atoms. The van der Waals surface area contributed by atoms with E-state index in [-0.39, 0.29) is 11.5 Å². The zero-order valence-corrected chi connectivity index (χ0v) is 12.1. The Morgan fingerprint density at radius 3 is 2.74 bits per heavy atom. The van der Waals surface area contributed by atoms with Crippen LogP contribution in [-0.2, 0) is 0 Å². The Balaban J connectivity index is 2.09. The third-order valence-corrected chi connectivity index (χ3v) is 3.14. The van der Waals surface area contributed by atoms with Crippen LogP contribution in [0.5, 0.6) is 5.88 Å². The average molecular weight is 312 g/mol. The SMILES string of the molecule is CCOc1ccc(-c2ccc([N+](=O)[O-])cc2-c2nn[nH]n2)cn1. The first-order valence-corrected chi connectivity index (χ1v) is 6.80. The zero-order valence-electron chi connectivity index (χ0n) is 12.1. The number of nitro benzene ring substituents is 1. The molecule has 0 atom stereocenters. The lowest BCUT2D eigenvalue weighted by molar-refractivity contribution is -0.384. The fraction of sp³-hybridized carbons (Fsp3) is 0.143. The number of hydrogen-bond acceptors (Lipinski definition) is 7. The van der Waals surface area contributed by atoms with Gasteiger partial charge in [-0.05, 0) is 29.8 Å². The molecule has 0 spiro atoms. The van der Waals surface area contributed by atoms with Gasteiger partial charge in [0.2, 0.25) is 11.7 Å². The number of nitrogens with zero attached hydrogens (tertiary/aromatic N) is 5. The Bertz CT molecular complexity index is 817. The van der Waals surface area contributed by atoms with Crippen molar-refractivity contribution in [2.24, 2.45) is 0 Å². The van der Waals surface area contributed by atoms with E-state index < -0.39 is 4.92 Å². The Kier molecular flexibility index (Phi) is 3.91. The number of aromatic amines is 1. The fourth-order valence-electron chi connectivity index (χ4n) is 2.13. The quantitative estimate of drug-likeness (QED) is 0.566. The summed E-state index contributed by atoms with van der Waals surface area (Å²) >= 11 is 0. The van der Waals surface area contributed by atoms with E-state index in [1.165, 1.54) is 12.1 Å². The number of aromatic nitrogens is 5. The third-order valence-electron chi connectivity index (χ3n) is 3.14. The second-order valence-electron chi connectivity index (χ2n) is 4.54. The molecule has 1 aromatic carbocycles. The van der Waals surface area contributed by atoms with Crippen LogP contribution in [0.3, 0.4) is 0 Å². The highest BCUT2D eigenvalue weighted by Gasteiger charge is 2.16. The number of H-pyrrole nitrogens is 1. The number of non-ortho nitro benzene ring substituents is 1. The fourth-order valence-corrected chi connectivity index (χ4v) is 2.13. The van der Waals surface area contributed by atoms with Crippen molar-refractivity contribution >= 4 is 5.69 Å². The van der Waals surface area contributed by atoms with Crippen molar-refractivity contribution in [3.63, 3.8) is 0 Å². The highest BCUT2D eigenvalue weighted by molar-refractivity contribution is 5.81. The minimum Gasteiger partial charge on any atom is -0.478 e. The van der Waals surface area contributed by atoms with Crippen molar-refractivity contribution in [2.45, 2.75) is 6.92 Å². The van der Waals surface area contributed by atoms with Crippen LogP contribution >= 0.6 is 0 Å². The predicted octanol–water partition coefficient (Wildman–Crippen LogP) is 2.24. The standard InChI is InChI=1S/C14H12N6O3/c1-2-23-13-6-3-9(8-15-13)11-5-4-10(20(21)22)7-12(11)14-16-18-19-17-14/h3-8H,2H2,1H3,(H,16,17,18,19). The van der Waals surface area contributed by atoms with E-state index in [2.05, 4.69) is 25.6 Å². The van der Waals surface area contributed by atoms with Crippen LogP contribution in [0.2, 0.25) is 0 Å². The maximum absolute atomic E-state index is 11.0. The lowest BCUT2D eigenvalue weighted by atomic mass is 10.00. The van der Waals surface area contributed by atoms with Crippen LogP contribution in [0.25, 0.3) is 22.5 Å². The summed E-state index contributed by atoms with van der Waals surface area (Å²) in [6.45, 7) is 2.40. The van der Waals surface area contributed by atoms with Crippen molar-refractivity contribution in [3.8, 4) is 28.4 Å². The first-order chi connectivity index (χ1) is 11.2. The molecule has 0 radical (unpaired) electrons. The van der Waals surface area contributed by atoms with Gasteiger partial charge in [0.25, 0.3) is 5.69 Å². The molecule has 1 N–H and O–H groups in total. The Morgan fingerprint density at radius 2 is 2.13 bits per heavy atom. The molecule has 0 unspecified atom stereocenters. The van der Waals surface area contributed by atoms with Gasteiger partial charge in [0.05, 0.1) is 11.5 Å². The van der Waals surface area contributed by atoms with Gasteiger partial charge in [-0.1, -0.05) is 0 Å². The van der Waals surface area contributed by atoms with Gasteiger partial charge < -0.3 is 4.74 Å². The maximum atomic E-state index is 11.0. The summed E-state index contributed by atoms with van der Waals surface area (Å²) in [6, 6.07) is 8.04. The Labute approximate surface area is 130 Å². The van der Waals surface area contributed by atoms with E-state index in [1.807, 2.05) is 13.0 Å². The number of benzene rings is 1. The number of nitro groups is 1. The summed E-state index contributed by atoms with van der Waals surface area (Å²) in [5.41, 5.74) is 1.93. The first kappa shape index (κ1) is 14.6. The molecule has 0 saturated carbocycles. The van der Waals surface area contributed by atoms with Crippen molar-refractivity contribution in [2.75, 3.05) is 6.61 Å². The van der Waals surface area contributed by atoms with Gasteiger partial charge in [-0.25, -0.2) is 4.98 Å². The van der Waals surface area contributed by atoms with E-state index >= 15 is 0 Å². The molecule has 0 fully saturated rings. The predicted molar refractivity (Wildman–Crippen MR) is 80.7 cm³/mol. The van der Waals surface area contributed by atoms with Crippen LogP contribution in [0, 0.1) is 10.1 Å². The number of pyridine rings is 1. The van der Waals surface area contributed by atoms with Gasteiger partial charge in [-0.15, -0.1) is 10.2 Å². The maximum Gasteiger partial charge on any atom is 0.270 e. The van der Waals surface area contributed by atoms with Gasteiger partial charge in [0.15, 0.2) is 0 Å². The summed E-state index contributed by atoms with van der Waals surface area (Å²) in [5, 5.41) is 24.7. The number of ether oxygens (including phenoxy) is 1. The van der Waals surface area contributed by atoms with Gasteiger partial charge in [0.1, 0.15) is 0 Å². The van der Waals surface area contributed by atoms with Crippen molar-refractivity contribution < 1.29 is 9.66 Å². The van der Waals surface area contributed by atoms with Crippen molar-refractivity contribution in [1.29, 1.82) is 0 Å². The van der Waals surface area contributed by atoms with E-state index in [9.17, 15) is 10.1 Å². The Morgan fingerprint density at radius 1 is 1.26 bits per heavy atom. The minimum atomic E-state index is -0.468. The molecule has 23 heavy (non-hydrogen) atoms. The van der Waals surface area contributed by atoms with Gasteiger partial charge >= 0.3 is 0 Å². The van der Waals surface area contributed by atoms with Crippen molar-refractivity contribution in [1.82, 2.24) is 25.6 Å². The molecule has 3 aromatic rings. The average Bonchev–Trinajstić information content (AvgIpc) is 3.10. The monoisotopic (exact) mass is 312 g/mol. The Hall–Kier alpha value is -3.36. The van der Waals surface area contributed by atoms with E-state index in [4.69, 9.17) is 4.74 Å². The smallest absolute Gasteiger partial charge is 0.270 e. The largest absolute Gasteiger partial charge is 0.478 e. The summed E-state index contributed by atoms with van der Waals surface area (Å²) in [7, 11) is 0. The highest BCUT2D eigenvalue weighted by atomic mass is 16.6. The molecule has 2 heterocycles. The van der Waals surface area contributed by atoms with Crippen LogP contribution in [0.1, 0.15) is 6.92 Å². The molecule has 0 saturated heterocycles. The second kappa shape index (κ2) is 6.18. The molecule has 0 aliphatic rings. The summed E-state index contributed by atoms with van der Waals surface area (Å²) in [6.07, 6.45) is 1.63.